The van der Waals surface area contributed by atoms with Crippen molar-refractivity contribution in [2.24, 2.45) is 0 Å². The van der Waals surface area contributed by atoms with E-state index >= 15 is 0 Å². The van der Waals surface area contributed by atoms with Crippen molar-refractivity contribution in [3.8, 4) is 0 Å². The molecule has 0 aliphatic carbocycles. The highest BCUT2D eigenvalue weighted by molar-refractivity contribution is 7.86. The second-order valence-corrected chi connectivity index (χ2v) is 7.96. The van der Waals surface area contributed by atoms with Crippen LogP contribution in [0.15, 0.2) is 36.5 Å². The van der Waals surface area contributed by atoms with Crippen LogP contribution in [0.4, 0.5) is 0 Å². The van der Waals surface area contributed by atoms with Gasteiger partial charge >= 0.3 is 0 Å². The molecule has 2 aliphatic rings. The maximum absolute atomic E-state index is 12.2. The molecule has 4 heteroatoms. The van der Waals surface area contributed by atoms with E-state index in [9.17, 15) is 9.32 Å². The van der Waals surface area contributed by atoms with Crippen LogP contribution in [0.25, 0.3) is 10.9 Å². The van der Waals surface area contributed by atoms with E-state index in [2.05, 4.69) is 4.98 Å². The lowest BCUT2D eigenvalue weighted by Crippen LogP contribution is -2.40. The number of aliphatic hydroxyl groups is 1. The van der Waals surface area contributed by atoms with Crippen LogP contribution >= 0.6 is 0 Å². The zero-order chi connectivity index (χ0) is 13.7. The first kappa shape index (κ1) is 12.5. The molecular weight excluding hydrogens is 270 g/mol. The maximum Gasteiger partial charge on any atom is 0.0940 e. The summed E-state index contributed by atoms with van der Waals surface area (Å²) in [5, 5.41) is 12.5. The van der Waals surface area contributed by atoms with Crippen LogP contribution in [0.2, 0.25) is 0 Å². The van der Waals surface area contributed by atoms with Crippen LogP contribution < -0.4 is 0 Å². The Balaban J connectivity index is 1.85. The highest BCUT2D eigenvalue weighted by Crippen LogP contribution is 2.46. The molecule has 1 aromatic carbocycles. The average Bonchev–Trinajstić information content (AvgIpc) is 2.70. The number of hydrogen-bond donors (Lipinski definition) is 1. The van der Waals surface area contributed by atoms with E-state index in [0.717, 1.165) is 29.3 Å². The number of aromatic nitrogens is 1. The van der Waals surface area contributed by atoms with Crippen LogP contribution in [0, 0.1) is 0 Å². The summed E-state index contributed by atoms with van der Waals surface area (Å²) < 4.78 is 12.2. The largest absolute Gasteiger partial charge is 0.385 e. The Morgan fingerprint density at radius 1 is 1.15 bits per heavy atom. The Kier molecular flexibility index (Phi) is 2.72. The molecule has 2 aromatic rings. The van der Waals surface area contributed by atoms with E-state index in [1.54, 1.807) is 6.20 Å². The fourth-order valence-corrected chi connectivity index (χ4v) is 5.94. The zero-order valence-corrected chi connectivity index (χ0v) is 12.0. The van der Waals surface area contributed by atoms with Crippen LogP contribution in [0.1, 0.15) is 31.2 Å². The van der Waals surface area contributed by atoms with Crippen molar-refractivity contribution in [2.75, 3.05) is 0 Å². The number of hydrogen-bond acceptors (Lipinski definition) is 3. The van der Waals surface area contributed by atoms with Crippen LogP contribution in [-0.2, 0) is 16.4 Å². The molecule has 2 unspecified atom stereocenters. The minimum absolute atomic E-state index is 0.151. The molecule has 4 rings (SSSR count). The summed E-state index contributed by atoms with van der Waals surface area (Å²) in [7, 11) is -0.753. The predicted molar refractivity (Wildman–Crippen MR) is 79.8 cm³/mol. The molecule has 0 amide bonds. The Morgan fingerprint density at radius 2 is 1.85 bits per heavy atom. The molecule has 2 fully saturated rings. The van der Waals surface area contributed by atoms with E-state index in [1.165, 1.54) is 0 Å². The highest BCUT2D eigenvalue weighted by atomic mass is 32.2. The summed E-state index contributed by atoms with van der Waals surface area (Å²) in [5.41, 5.74) is 0.918. The Hall–Kier alpha value is -1.26. The van der Waals surface area contributed by atoms with Gasteiger partial charge in [-0.1, -0.05) is 24.3 Å². The number of pyridine rings is 1. The predicted octanol–water partition coefficient (Wildman–Crippen LogP) is 2.50. The first-order valence-corrected chi connectivity index (χ1v) is 8.41. The lowest BCUT2D eigenvalue weighted by Gasteiger charge is -2.36. The van der Waals surface area contributed by atoms with Gasteiger partial charge in [0, 0.05) is 38.4 Å². The minimum Gasteiger partial charge on any atom is -0.385 e. The Morgan fingerprint density at radius 3 is 2.60 bits per heavy atom. The first-order valence-electron chi connectivity index (χ1n) is 7.13. The highest BCUT2D eigenvalue weighted by Gasteiger charge is 2.48. The summed E-state index contributed by atoms with van der Waals surface area (Å²) in [6.07, 6.45) is 4.94. The van der Waals surface area contributed by atoms with Crippen molar-refractivity contribution in [1.82, 2.24) is 4.98 Å². The molecule has 1 N–H and O–H groups in total. The number of benzene rings is 1. The third-order valence-corrected chi connectivity index (χ3v) is 6.85. The fraction of sp³-hybridized carbons (Fsp3) is 0.438. The van der Waals surface area contributed by atoms with Gasteiger partial charge < -0.3 is 5.11 Å². The number of para-hydroxylation sites is 1. The first-order chi connectivity index (χ1) is 9.67. The number of nitrogens with zero attached hydrogens (tertiary/aromatic N) is 1. The van der Waals surface area contributed by atoms with Crippen molar-refractivity contribution in [1.29, 1.82) is 0 Å². The second-order valence-electron chi connectivity index (χ2n) is 5.97. The van der Waals surface area contributed by atoms with Crippen LogP contribution in [0.3, 0.4) is 0 Å². The van der Waals surface area contributed by atoms with Gasteiger partial charge in [0.25, 0.3) is 0 Å². The topological polar surface area (TPSA) is 50.2 Å². The third kappa shape index (κ3) is 1.75. The summed E-state index contributed by atoms with van der Waals surface area (Å²) in [6, 6.07) is 9.90. The van der Waals surface area contributed by atoms with Crippen LogP contribution in [0.5, 0.6) is 0 Å². The molecule has 0 radical (unpaired) electrons. The van der Waals surface area contributed by atoms with Crippen molar-refractivity contribution < 1.29 is 9.32 Å². The molecule has 2 aliphatic heterocycles. The molecule has 3 nitrogen and oxygen atoms in total. The molecule has 1 aromatic heterocycles. The quantitative estimate of drug-likeness (QED) is 0.876. The van der Waals surface area contributed by atoms with Gasteiger partial charge in [0.1, 0.15) is 0 Å². The maximum atomic E-state index is 12.2. The standard InChI is InChI=1S/C16H17NO2S/c18-16(9-12-6-7-13(10-16)20(12)19)14-5-1-3-11-4-2-8-17-15(11)14/h1-5,8,12-13,18H,6-7,9-10H2. The molecule has 2 atom stereocenters. The van der Waals surface area contributed by atoms with Crippen LogP contribution in [-0.4, -0.2) is 24.8 Å². The minimum atomic E-state index is -0.867. The van der Waals surface area contributed by atoms with E-state index in [1.807, 2.05) is 30.3 Å². The lowest BCUT2D eigenvalue weighted by molar-refractivity contribution is 0.0197. The van der Waals surface area contributed by atoms with Crippen molar-refractivity contribution in [2.45, 2.75) is 41.8 Å². The molecular formula is C16H17NO2S. The van der Waals surface area contributed by atoms with Gasteiger partial charge in [-0.2, -0.15) is 0 Å². The van der Waals surface area contributed by atoms with Gasteiger partial charge in [-0.05, 0) is 31.7 Å². The summed E-state index contributed by atoms with van der Waals surface area (Å²) >= 11 is 0. The van der Waals surface area contributed by atoms with E-state index < -0.39 is 16.4 Å². The van der Waals surface area contributed by atoms with Gasteiger partial charge in [0.05, 0.1) is 11.1 Å². The Bertz CT molecular complexity index is 678. The van der Waals surface area contributed by atoms with Crippen molar-refractivity contribution >= 4 is 21.7 Å². The number of fused-ring (bicyclic) bond motifs is 3. The average molecular weight is 287 g/mol. The molecule has 104 valence electrons. The second kappa shape index (κ2) is 4.37. The van der Waals surface area contributed by atoms with Crippen molar-refractivity contribution in [3.05, 3.63) is 42.1 Å². The van der Waals surface area contributed by atoms with E-state index in [4.69, 9.17) is 0 Å². The lowest BCUT2D eigenvalue weighted by atomic mass is 9.84. The zero-order valence-electron chi connectivity index (χ0n) is 11.2. The molecule has 0 spiro atoms. The van der Waals surface area contributed by atoms with Crippen molar-refractivity contribution in [3.63, 3.8) is 0 Å². The normalized spacial score (nSPS) is 36.4. The molecule has 20 heavy (non-hydrogen) atoms. The monoisotopic (exact) mass is 287 g/mol. The van der Waals surface area contributed by atoms with Gasteiger partial charge in [0.15, 0.2) is 0 Å². The van der Waals surface area contributed by atoms with E-state index in [-0.39, 0.29) is 10.5 Å². The number of rotatable bonds is 1. The van der Waals surface area contributed by atoms with Gasteiger partial charge in [-0.3, -0.25) is 9.19 Å². The molecule has 3 heterocycles. The SMILES string of the molecule is O=S1C2CCC1CC(O)(c1cccc3cccnc13)C2. The van der Waals surface area contributed by atoms with Gasteiger partial charge in [0.2, 0.25) is 0 Å². The molecule has 2 saturated heterocycles. The summed E-state index contributed by atoms with van der Waals surface area (Å²) in [6.45, 7) is 0. The van der Waals surface area contributed by atoms with E-state index in [0.29, 0.717) is 12.8 Å². The Labute approximate surface area is 120 Å². The fourth-order valence-electron chi connectivity index (χ4n) is 3.78. The molecule has 0 saturated carbocycles. The third-order valence-electron chi connectivity index (χ3n) is 4.73. The van der Waals surface area contributed by atoms with Gasteiger partial charge in [-0.15, -0.1) is 0 Å². The summed E-state index contributed by atoms with van der Waals surface area (Å²) in [4.78, 5) is 4.46. The smallest absolute Gasteiger partial charge is 0.0940 e. The summed E-state index contributed by atoms with van der Waals surface area (Å²) in [5.74, 6) is 0. The molecule has 2 bridgehead atoms. The van der Waals surface area contributed by atoms with Gasteiger partial charge in [-0.25, -0.2) is 0 Å².